The number of ether oxygens (including phenoxy) is 1. The van der Waals surface area contributed by atoms with Gasteiger partial charge in [0.2, 0.25) is 0 Å². The molecule has 0 radical (unpaired) electrons. The van der Waals surface area contributed by atoms with Crippen LogP contribution in [0.1, 0.15) is 72.6 Å². The van der Waals surface area contributed by atoms with Crippen molar-refractivity contribution in [2.75, 3.05) is 24.6 Å². The van der Waals surface area contributed by atoms with E-state index in [1.54, 1.807) is 17.4 Å². The van der Waals surface area contributed by atoms with Crippen molar-refractivity contribution < 1.29 is 9.53 Å². The average molecular weight is 546 g/mol. The first kappa shape index (κ1) is 30.4. The van der Waals surface area contributed by atoms with Crippen molar-refractivity contribution in [3.8, 4) is 16.5 Å². The normalized spacial score (nSPS) is 12.4. The van der Waals surface area contributed by atoms with Crippen molar-refractivity contribution in [3.63, 3.8) is 0 Å². The van der Waals surface area contributed by atoms with Crippen LogP contribution in [0, 0.1) is 11.3 Å². The highest BCUT2D eigenvalue weighted by Gasteiger charge is 2.23. The molecule has 0 aliphatic carbocycles. The predicted octanol–water partition coefficient (Wildman–Crippen LogP) is 8.20. The molecule has 1 heterocycles. The Kier molecular flexibility index (Phi) is 10.4. The summed E-state index contributed by atoms with van der Waals surface area (Å²) in [4.78, 5) is 17.3. The van der Waals surface area contributed by atoms with Crippen LogP contribution in [0.25, 0.3) is 27.3 Å². The number of nitrogens with zero attached hydrogens (tertiary/aromatic N) is 2. The third-order valence-electron chi connectivity index (χ3n) is 6.45. The van der Waals surface area contributed by atoms with Crippen LogP contribution in [0.4, 0.5) is 5.69 Å². The van der Waals surface area contributed by atoms with Crippen LogP contribution in [-0.4, -0.2) is 36.7 Å². The lowest BCUT2D eigenvalue weighted by molar-refractivity contribution is -0.118. The van der Waals surface area contributed by atoms with Crippen LogP contribution in [0.3, 0.4) is 0 Å². The van der Waals surface area contributed by atoms with Crippen molar-refractivity contribution >= 4 is 39.8 Å². The number of carbonyl (C=O) groups is 1. The molecule has 0 aliphatic rings. The fourth-order valence-electron chi connectivity index (χ4n) is 4.42. The lowest BCUT2D eigenvalue weighted by atomic mass is 10.00. The van der Waals surface area contributed by atoms with Crippen LogP contribution < -0.4 is 10.2 Å². The lowest BCUT2D eigenvalue weighted by Gasteiger charge is -2.28. The van der Waals surface area contributed by atoms with Gasteiger partial charge in [-0.1, -0.05) is 32.0 Å². The number of fused-ring (bicyclic) bond motifs is 1. The van der Waals surface area contributed by atoms with Gasteiger partial charge in [0.15, 0.2) is 0 Å². The lowest BCUT2D eigenvalue weighted by Crippen LogP contribution is -2.45. The number of hydrogen-bond acceptors (Lipinski definition) is 5. The van der Waals surface area contributed by atoms with E-state index in [0.29, 0.717) is 13.0 Å². The summed E-state index contributed by atoms with van der Waals surface area (Å²) in [5, 5.41) is 15.1. The van der Waals surface area contributed by atoms with E-state index in [2.05, 4.69) is 72.6 Å². The van der Waals surface area contributed by atoms with Crippen LogP contribution >= 0.6 is 11.3 Å². The molecule has 0 bridgehead atoms. The van der Waals surface area contributed by atoms with Crippen LogP contribution in [0.5, 0.6) is 0 Å². The van der Waals surface area contributed by atoms with Crippen LogP contribution in [-0.2, 0) is 9.53 Å². The largest absolute Gasteiger partial charge is 0.376 e. The standard InChI is InChI=1S/C33H43N3O2S/c1-8-17-36(18-9-2)28-13-12-24-20-26(11-10-25(24)21-28)30-15-14-29(39-30)22-27(23-34)31(37)35-33(6,7)16-19-38-32(3,4)5/h10-15,20-22H,8-9,16-19H2,1-7H3,(H,35,37). The summed E-state index contributed by atoms with van der Waals surface area (Å²) in [6, 6.07) is 19.3. The second-order valence-corrected chi connectivity index (χ2v) is 12.8. The van der Waals surface area contributed by atoms with Gasteiger partial charge in [-0.05, 0) is 107 Å². The number of hydrogen-bond donors (Lipinski definition) is 1. The van der Waals surface area contributed by atoms with E-state index in [9.17, 15) is 10.1 Å². The second-order valence-electron chi connectivity index (χ2n) is 11.7. The number of benzene rings is 2. The average Bonchev–Trinajstić information content (AvgIpc) is 3.34. The highest BCUT2D eigenvalue weighted by atomic mass is 32.1. The Hall–Kier alpha value is -3.14. The molecule has 0 saturated carbocycles. The van der Waals surface area contributed by atoms with Crippen LogP contribution in [0.15, 0.2) is 54.1 Å². The Labute approximate surface area is 238 Å². The molecular formula is C33H43N3O2S. The van der Waals surface area contributed by atoms with Gasteiger partial charge in [0.05, 0.1) is 5.60 Å². The Bertz CT molecular complexity index is 1330. The Balaban J connectivity index is 1.74. The summed E-state index contributed by atoms with van der Waals surface area (Å²) in [5.74, 6) is -0.366. The fraction of sp³-hybridized carbons (Fsp3) is 0.455. The topological polar surface area (TPSA) is 65.4 Å². The minimum absolute atomic E-state index is 0.1000. The van der Waals surface area contributed by atoms with Crippen molar-refractivity contribution in [3.05, 3.63) is 59.0 Å². The van der Waals surface area contributed by atoms with Gasteiger partial charge in [0.25, 0.3) is 5.91 Å². The summed E-state index contributed by atoms with van der Waals surface area (Å²) in [7, 11) is 0. The molecule has 39 heavy (non-hydrogen) atoms. The van der Waals surface area contributed by atoms with E-state index >= 15 is 0 Å². The van der Waals surface area contributed by atoms with Crippen molar-refractivity contribution in [2.45, 2.75) is 78.9 Å². The molecule has 3 aromatic rings. The summed E-state index contributed by atoms with van der Waals surface area (Å²) in [6.07, 6.45) is 4.59. The second kappa shape index (κ2) is 13.3. The molecule has 1 N–H and O–H groups in total. The molecule has 0 spiro atoms. The molecule has 3 rings (SSSR count). The summed E-state index contributed by atoms with van der Waals surface area (Å²) in [5.41, 5.74) is 1.78. The highest BCUT2D eigenvalue weighted by Crippen LogP contribution is 2.33. The van der Waals surface area contributed by atoms with E-state index in [1.165, 1.54) is 16.5 Å². The van der Waals surface area contributed by atoms with Gasteiger partial charge in [-0.3, -0.25) is 4.79 Å². The van der Waals surface area contributed by atoms with E-state index in [4.69, 9.17) is 4.74 Å². The monoisotopic (exact) mass is 545 g/mol. The van der Waals surface area contributed by atoms with Gasteiger partial charge in [-0.25, -0.2) is 0 Å². The molecule has 2 aromatic carbocycles. The SMILES string of the molecule is CCCN(CCC)c1ccc2cc(-c3ccc(C=C(C#N)C(=O)NC(C)(C)CCOC(C)(C)C)s3)ccc2c1. The predicted molar refractivity (Wildman–Crippen MR) is 166 cm³/mol. The minimum Gasteiger partial charge on any atom is -0.376 e. The van der Waals surface area contributed by atoms with Crippen LogP contribution in [0.2, 0.25) is 0 Å². The number of nitriles is 1. The molecule has 0 fully saturated rings. The van der Waals surface area contributed by atoms with E-state index in [0.717, 1.165) is 41.2 Å². The quantitative estimate of drug-likeness (QED) is 0.184. The zero-order valence-electron chi connectivity index (χ0n) is 24.6. The summed E-state index contributed by atoms with van der Waals surface area (Å²) < 4.78 is 5.81. The van der Waals surface area contributed by atoms with Crippen molar-refractivity contribution in [2.24, 2.45) is 0 Å². The number of amides is 1. The molecule has 1 aromatic heterocycles. The van der Waals surface area contributed by atoms with Crippen molar-refractivity contribution in [1.82, 2.24) is 5.32 Å². The number of nitrogens with one attached hydrogen (secondary N) is 1. The zero-order chi connectivity index (χ0) is 28.6. The van der Waals surface area contributed by atoms with Gasteiger partial charge in [-0.15, -0.1) is 11.3 Å². The minimum atomic E-state index is -0.492. The third-order valence-corrected chi connectivity index (χ3v) is 7.53. The number of rotatable bonds is 12. The van der Waals surface area contributed by atoms with Gasteiger partial charge in [0.1, 0.15) is 11.6 Å². The first-order chi connectivity index (χ1) is 18.4. The Morgan fingerprint density at radius 1 is 1.00 bits per heavy atom. The molecule has 1 amide bonds. The summed E-state index contributed by atoms with van der Waals surface area (Å²) >= 11 is 1.58. The summed E-state index contributed by atoms with van der Waals surface area (Å²) in [6.45, 7) is 17.0. The maximum absolute atomic E-state index is 12.9. The van der Waals surface area contributed by atoms with E-state index < -0.39 is 5.54 Å². The van der Waals surface area contributed by atoms with Gasteiger partial charge in [0, 0.05) is 40.7 Å². The third kappa shape index (κ3) is 8.95. The maximum atomic E-state index is 12.9. The first-order valence-corrected chi connectivity index (χ1v) is 14.7. The Morgan fingerprint density at radius 3 is 2.31 bits per heavy atom. The molecule has 0 aliphatic heterocycles. The van der Waals surface area contributed by atoms with Gasteiger partial charge >= 0.3 is 0 Å². The first-order valence-electron chi connectivity index (χ1n) is 13.9. The van der Waals surface area contributed by atoms with E-state index in [-0.39, 0.29) is 17.1 Å². The van der Waals surface area contributed by atoms with Crippen molar-refractivity contribution in [1.29, 1.82) is 5.26 Å². The van der Waals surface area contributed by atoms with E-state index in [1.807, 2.05) is 40.7 Å². The molecule has 0 unspecified atom stereocenters. The molecule has 0 saturated heterocycles. The zero-order valence-corrected chi connectivity index (χ0v) is 25.4. The number of carbonyl (C=O) groups excluding carboxylic acids is 1. The van der Waals surface area contributed by atoms with Gasteiger partial charge in [-0.2, -0.15) is 5.26 Å². The molecule has 5 nitrogen and oxygen atoms in total. The van der Waals surface area contributed by atoms with Gasteiger partial charge < -0.3 is 15.0 Å². The highest BCUT2D eigenvalue weighted by molar-refractivity contribution is 7.16. The molecule has 0 atom stereocenters. The fourth-order valence-corrected chi connectivity index (χ4v) is 5.37. The smallest absolute Gasteiger partial charge is 0.262 e. The molecular weight excluding hydrogens is 502 g/mol. The number of anilines is 1. The number of thiophene rings is 1. The molecule has 6 heteroatoms. The Morgan fingerprint density at radius 2 is 1.67 bits per heavy atom. The molecule has 208 valence electrons. The maximum Gasteiger partial charge on any atom is 0.262 e.